The van der Waals surface area contributed by atoms with Crippen LogP contribution in [0.25, 0.3) is 6.08 Å². The second kappa shape index (κ2) is 11.2. The summed E-state index contributed by atoms with van der Waals surface area (Å²) in [6.45, 7) is 4.10. The van der Waals surface area contributed by atoms with Crippen molar-refractivity contribution in [2.24, 2.45) is 4.99 Å². The molecule has 1 atom stereocenters. The minimum absolute atomic E-state index is 0.209. The topological polar surface area (TPSA) is 79.1 Å². The molecule has 0 saturated carbocycles. The van der Waals surface area contributed by atoms with E-state index in [0.29, 0.717) is 44.3 Å². The number of hydrogen-bond acceptors (Lipinski definition) is 8. The fraction of sp³-hybridized carbons (Fsp3) is 0.207. The molecule has 5 rings (SSSR count). The summed E-state index contributed by atoms with van der Waals surface area (Å²) in [4.78, 5) is 33.0. The first-order valence-electron chi connectivity index (χ1n) is 12.1. The third-order valence-electron chi connectivity index (χ3n) is 6.07. The Hall–Kier alpha value is -3.95. The Morgan fingerprint density at radius 3 is 2.63 bits per heavy atom. The molecule has 1 unspecified atom stereocenters. The van der Waals surface area contributed by atoms with Gasteiger partial charge in [-0.05, 0) is 54.6 Å². The normalized spacial score (nSPS) is 15.1. The monoisotopic (exact) mass is 546 g/mol. The lowest BCUT2D eigenvalue weighted by molar-refractivity contribution is -0.139. The Labute approximate surface area is 227 Å². The van der Waals surface area contributed by atoms with Crippen LogP contribution in [0.3, 0.4) is 0 Å². The van der Waals surface area contributed by atoms with Crippen LogP contribution in [0.5, 0.6) is 11.5 Å². The molecule has 1 aliphatic rings. The van der Waals surface area contributed by atoms with Crippen LogP contribution in [-0.4, -0.2) is 24.3 Å². The Morgan fingerprint density at radius 2 is 1.92 bits per heavy atom. The van der Waals surface area contributed by atoms with E-state index in [1.807, 2.05) is 60.0 Å². The highest BCUT2D eigenvalue weighted by molar-refractivity contribution is 7.11. The molecule has 0 bridgehead atoms. The highest BCUT2D eigenvalue weighted by Gasteiger charge is 2.34. The van der Waals surface area contributed by atoms with Crippen molar-refractivity contribution in [3.05, 3.63) is 113 Å². The Balaban J connectivity index is 1.61. The number of rotatable bonds is 8. The summed E-state index contributed by atoms with van der Waals surface area (Å²) < 4.78 is 19.2. The summed E-state index contributed by atoms with van der Waals surface area (Å²) in [5.41, 5.74) is 2.34. The molecule has 2 aromatic carbocycles. The SMILES string of the molecule is CCOC(=O)C1=C(C)N=c2sc(=Cc3cccs3)c(=O)n2C1c1ccc(OCc2ccccc2)c(OC)c1. The Kier molecular flexibility index (Phi) is 7.57. The second-order valence-corrected chi connectivity index (χ2v) is 10.5. The number of thiophene rings is 1. The quantitative estimate of drug-likeness (QED) is 0.305. The zero-order chi connectivity index (χ0) is 26.6. The van der Waals surface area contributed by atoms with Gasteiger partial charge in [-0.2, -0.15) is 0 Å². The van der Waals surface area contributed by atoms with Crippen LogP contribution in [0.15, 0.2) is 87.1 Å². The van der Waals surface area contributed by atoms with E-state index in [4.69, 9.17) is 14.2 Å². The van der Waals surface area contributed by atoms with E-state index < -0.39 is 12.0 Å². The summed E-state index contributed by atoms with van der Waals surface area (Å²) >= 11 is 2.85. The van der Waals surface area contributed by atoms with Crippen LogP contribution in [0.1, 0.15) is 35.9 Å². The summed E-state index contributed by atoms with van der Waals surface area (Å²) in [6, 6.07) is 18.5. The van der Waals surface area contributed by atoms with Gasteiger partial charge >= 0.3 is 5.97 Å². The smallest absolute Gasteiger partial charge is 0.338 e. The maximum atomic E-state index is 13.7. The highest BCUT2D eigenvalue weighted by atomic mass is 32.1. The zero-order valence-electron chi connectivity index (χ0n) is 21.2. The van der Waals surface area contributed by atoms with Gasteiger partial charge in [0.15, 0.2) is 16.3 Å². The number of nitrogens with zero attached hydrogens (tertiary/aromatic N) is 2. The minimum atomic E-state index is -0.729. The first-order valence-corrected chi connectivity index (χ1v) is 13.8. The van der Waals surface area contributed by atoms with E-state index in [0.717, 1.165) is 10.4 Å². The van der Waals surface area contributed by atoms with Crippen LogP contribution in [0.2, 0.25) is 0 Å². The maximum absolute atomic E-state index is 13.7. The van der Waals surface area contributed by atoms with Gasteiger partial charge in [-0.3, -0.25) is 9.36 Å². The third-order valence-corrected chi connectivity index (χ3v) is 7.88. The Morgan fingerprint density at radius 1 is 1.11 bits per heavy atom. The molecule has 7 nitrogen and oxygen atoms in total. The lowest BCUT2D eigenvalue weighted by atomic mass is 9.95. The van der Waals surface area contributed by atoms with Gasteiger partial charge in [0.25, 0.3) is 5.56 Å². The van der Waals surface area contributed by atoms with Gasteiger partial charge in [0.1, 0.15) is 6.61 Å². The number of thiazole rings is 1. The summed E-state index contributed by atoms with van der Waals surface area (Å²) in [5.74, 6) is 0.551. The van der Waals surface area contributed by atoms with Gasteiger partial charge in [-0.15, -0.1) is 11.3 Å². The Bertz CT molecular complexity index is 1670. The molecule has 2 aromatic heterocycles. The number of hydrogen-bond donors (Lipinski definition) is 0. The molecule has 0 radical (unpaired) electrons. The van der Waals surface area contributed by atoms with Crippen molar-refractivity contribution in [3.8, 4) is 11.5 Å². The van der Waals surface area contributed by atoms with Crippen LogP contribution in [-0.2, 0) is 16.1 Å². The van der Waals surface area contributed by atoms with E-state index in [1.54, 1.807) is 49.0 Å². The second-order valence-electron chi connectivity index (χ2n) is 8.50. The van der Waals surface area contributed by atoms with E-state index in [1.165, 1.54) is 11.3 Å². The average Bonchev–Trinajstić information content (AvgIpc) is 3.55. The van der Waals surface area contributed by atoms with E-state index in [-0.39, 0.29) is 12.2 Å². The molecule has 4 aromatic rings. The minimum Gasteiger partial charge on any atom is -0.493 e. The number of fused-ring (bicyclic) bond motifs is 1. The standard InChI is InChI=1S/C29H26N2O5S2/c1-4-35-28(33)25-18(2)30-29-31(27(32)24(38-29)16-21-11-8-14-37-21)26(25)20-12-13-22(23(15-20)34-3)36-17-19-9-6-5-7-10-19/h5-16,26H,4,17H2,1-3H3. The lowest BCUT2D eigenvalue weighted by Crippen LogP contribution is -2.39. The van der Waals surface area contributed by atoms with Crippen molar-refractivity contribution in [2.75, 3.05) is 13.7 Å². The molecule has 0 aliphatic carbocycles. The van der Waals surface area contributed by atoms with Crippen molar-refractivity contribution < 1.29 is 19.0 Å². The highest BCUT2D eigenvalue weighted by Crippen LogP contribution is 2.36. The van der Waals surface area contributed by atoms with Gasteiger partial charge in [0.2, 0.25) is 0 Å². The number of carbonyl (C=O) groups is 1. The van der Waals surface area contributed by atoms with E-state index in [2.05, 4.69) is 4.99 Å². The number of methoxy groups -OCH3 is 1. The average molecular weight is 547 g/mol. The van der Waals surface area contributed by atoms with Gasteiger partial charge < -0.3 is 14.2 Å². The summed E-state index contributed by atoms with van der Waals surface area (Å²) in [7, 11) is 1.56. The predicted molar refractivity (Wildman–Crippen MR) is 148 cm³/mol. The zero-order valence-corrected chi connectivity index (χ0v) is 22.8. The van der Waals surface area contributed by atoms with Crippen LogP contribution >= 0.6 is 22.7 Å². The van der Waals surface area contributed by atoms with Crippen LogP contribution < -0.4 is 24.4 Å². The van der Waals surface area contributed by atoms with Crippen LogP contribution in [0, 0.1) is 0 Å². The van der Waals surface area contributed by atoms with Gasteiger partial charge in [-0.25, -0.2) is 9.79 Å². The fourth-order valence-electron chi connectivity index (χ4n) is 4.32. The van der Waals surface area contributed by atoms with Crippen molar-refractivity contribution in [1.82, 2.24) is 4.57 Å². The van der Waals surface area contributed by atoms with Gasteiger partial charge in [-0.1, -0.05) is 53.8 Å². The largest absolute Gasteiger partial charge is 0.493 e. The number of carbonyl (C=O) groups excluding carboxylic acids is 1. The van der Waals surface area contributed by atoms with Crippen LogP contribution in [0.4, 0.5) is 0 Å². The van der Waals surface area contributed by atoms with E-state index >= 15 is 0 Å². The molecule has 38 heavy (non-hydrogen) atoms. The maximum Gasteiger partial charge on any atom is 0.338 e. The molecule has 0 N–H and O–H groups in total. The fourth-order valence-corrected chi connectivity index (χ4v) is 6.09. The van der Waals surface area contributed by atoms with Crippen molar-refractivity contribution in [3.63, 3.8) is 0 Å². The number of benzene rings is 2. The molecular weight excluding hydrogens is 520 g/mol. The number of ether oxygens (including phenoxy) is 3. The van der Waals surface area contributed by atoms with E-state index in [9.17, 15) is 9.59 Å². The number of aromatic nitrogens is 1. The molecule has 194 valence electrons. The summed E-state index contributed by atoms with van der Waals surface area (Å²) in [6.07, 6.45) is 1.86. The molecule has 9 heteroatoms. The van der Waals surface area contributed by atoms with Crippen molar-refractivity contribution in [1.29, 1.82) is 0 Å². The molecule has 3 heterocycles. The summed E-state index contributed by atoms with van der Waals surface area (Å²) in [5, 5.41) is 1.96. The van der Waals surface area contributed by atoms with Crippen molar-refractivity contribution in [2.45, 2.75) is 26.5 Å². The first-order chi connectivity index (χ1) is 18.5. The van der Waals surface area contributed by atoms with Crippen molar-refractivity contribution >= 4 is 34.7 Å². The lowest BCUT2D eigenvalue weighted by Gasteiger charge is -2.25. The van der Waals surface area contributed by atoms with Gasteiger partial charge in [0, 0.05) is 4.88 Å². The molecule has 1 aliphatic heterocycles. The molecular formula is C29H26N2O5S2. The molecule has 0 fully saturated rings. The third kappa shape index (κ3) is 5.07. The number of allylic oxidation sites excluding steroid dienone is 1. The molecule has 0 saturated heterocycles. The predicted octanol–water partition coefficient (Wildman–Crippen LogP) is 4.45. The first kappa shape index (κ1) is 25.7. The molecule has 0 spiro atoms. The molecule has 0 amide bonds. The number of esters is 1. The van der Waals surface area contributed by atoms with Gasteiger partial charge in [0.05, 0.1) is 35.6 Å².